The van der Waals surface area contributed by atoms with Crippen LogP contribution in [0, 0.1) is 0 Å². The maximum Gasteiger partial charge on any atom is 0.407 e. The Morgan fingerprint density at radius 3 is 3.13 bits per heavy atom. The van der Waals surface area contributed by atoms with Crippen LogP contribution in [-0.2, 0) is 0 Å². The zero-order chi connectivity index (χ0) is 16.6. The van der Waals surface area contributed by atoms with E-state index in [1.165, 1.54) is 6.92 Å². The first-order chi connectivity index (χ1) is 10.9. The Hall–Kier alpha value is -2.15. The van der Waals surface area contributed by atoms with Gasteiger partial charge in [-0.2, -0.15) is 4.39 Å². The summed E-state index contributed by atoms with van der Waals surface area (Å²) in [5, 5.41) is 9.83. The van der Waals surface area contributed by atoms with Gasteiger partial charge in [0.05, 0.1) is 10.9 Å². The first kappa shape index (κ1) is 15.7. The van der Waals surface area contributed by atoms with Gasteiger partial charge in [-0.1, -0.05) is 11.6 Å². The molecule has 122 valence electrons. The van der Waals surface area contributed by atoms with Crippen LogP contribution in [0.3, 0.4) is 0 Å². The number of nitrogens with zero attached hydrogens (tertiary/aromatic N) is 3. The first-order valence-corrected chi connectivity index (χ1v) is 7.57. The van der Waals surface area contributed by atoms with Crippen molar-refractivity contribution >= 4 is 28.6 Å². The van der Waals surface area contributed by atoms with Gasteiger partial charge in [0.15, 0.2) is 0 Å². The molecule has 2 atom stereocenters. The summed E-state index contributed by atoms with van der Waals surface area (Å²) in [5.74, 6) is -2.15. The van der Waals surface area contributed by atoms with Gasteiger partial charge in [0.25, 0.3) is 5.85 Å². The lowest BCUT2D eigenvalue weighted by molar-refractivity contribution is -0.140. The summed E-state index contributed by atoms with van der Waals surface area (Å²) in [6.45, 7) is 1.76. The molecule has 1 amide bonds. The second kappa shape index (κ2) is 5.81. The number of fused-ring (bicyclic) bond motifs is 1. The highest BCUT2D eigenvalue weighted by Gasteiger charge is 2.47. The largest absolute Gasteiger partial charge is 0.465 e. The quantitative estimate of drug-likeness (QED) is 0.848. The molecular formula is C15H15ClFN3O3. The van der Waals surface area contributed by atoms with E-state index in [-0.39, 0.29) is 24.0 Å². The number of ether oxygens (including phenoxy) is 1. The summed E-state index contributed by atoms with van der Waals surface area (Å²) in [5.41, 5.74) is 0.532. The molecule has 0 bridgehead atoms. The van der Waals surface area contributed by atoms with E-state index < -0.39 is 18.0 Å². The molecule has 1 aliphatic heterocycles. The van der Waals surface area contributed by atoms with Crippen molar-refractivity contribution in [1.82, 2.24) is 14.9 Å². The molecule has 6 nitrogen and oxygen atoms in total. The predicted octanol–water partition coefficient (Wildman–Crippen LogP) is 3.49. The molecule has 0 saturated carbocycles. The third-order valence-corrected chi connectivity index (χ3v) is 4.25. The highest BCUT2D eigenvalue weighted by Crippen LogP contribution is 2.36. The van der Waals surface area contributed by atoms with E-state index in [1.807, 2.05) is 0 Å². The minimum Gasteiger partial charge on any atom is -0.465 e. The summed E-state index contributed by atoms with van der Waals surface area (Å²) in [6.07, 6.45) is 0.856. The van der Waals surface area contributed by atoms with Crippen molar-refractivity contribution in [2.24, 2.45) is 0 Å². The van der Waals surface area contributed by atoms with Crippen molar-refractivity contribution in [3.05, 3.63) is 29.5 Å². The Morgan fingerprint density at radius 1 is 1.61 bits per heavy atom. The van der Waals surface area contributed by atoms with E-state index in [9.17, 15) is 9.90 Å². The average molecular weight is 340 g/mol. The molecular weight excluding hydrogens is 325 g/mol. The number of likely N-dealkylation sites (tertiary alicyclic amines) is 1. The minimum atomic E-state index is -2.17. The van der Waals surface area contributed by atoms with Gasteiger partial charge in [-0.3, -0.25) is 9.88 Å². The maximum absolute atomic E-state index is 15.3. The zero-order valence-corrected chi connectivity index (χ0v) is 13.1. The first-order valence-electron chi connectivity index (χ1n) is 7.19. The van der Waals surface area contributed by atoms with Crippen molar-refractivity contribution in [2.75, 3.05) is 6.54 Å². The van der Waals surface area contributed by atoms with E-state index in [2.05, 4.69) is 9.97 Å². The number of hydrogen-bond acceptors (Lipinski definition) is 4. The molecule has 0 aliphatic carbocycles. The fraction of sp³-hybridized carbons (Fsp3) is 0.400. The van der Waals surface area contributed by atoms with Crippen LogP contribution in [0.2, 0.25) is 5.15 Å². The molecule has 1 N–H and O–H groups in total. The number of hydrogen-bond donors (Lipinski definition) is 1. The maximum atomic E-state index is 15.3. The third-order valence-electron chi connectivity index (χ3n) is 4.05. The standard InChI is InChI=1S/C15H15ClFN3O3/c1-9-15(17,5-3-7-20(9)14(21)22)23-13-10-4-2-6-18-11(10)8-12(16)19-13/h2,4,6,8-9H,3,5,7H2,1H3,(H,21,22)/t9?,15-/m1/s1. The van der Waals surface area contributed by atoms with E-state index >= 15 is 4.39 Å². The van der Waals surface area contributed by atoms with Gasteiger partial charge >= 0.3 is 6.09 Å². The van der Waals surface area contributed by atoms with Crippen LogP contribution < -0.4 is 4.74 Å². The highest BCUT2D eigenvalue weighted by atomic mass is 35.5. The summed E-state index contributed by atoms with van der Waals surface area (Å²) >= 11 is 5.94. The van der Waals surface area contributed by atoms with Crippen molar-refractivity contribution in [3.8, 4) is 5.88 Å². The lowest BCUT2D eigenvalue weighted by atomic mass is 9.98. The Kier molecular flexibility index (Phi) is 3.97. The number of pyridine rings is 2. The Labute approximate surface area is 136 Å². The number of piperidine rings is 1. The molecule has 8 heteroatoms. The summed E-state index contributed by atoms with van der Waals surface area (Å²) in [7, 11) is 0. The predicted molar refractivity (Wildman–Crippen MR) is 82.4 cm³/mol. The number of rotatable bonds is 2. The van der Waals surface area contributed by atoms with Crippen molar-refractivity contribution in [3.63, 3.8) is 0 Å². The molecule has 2 aromatic heterocycles. The minimum absolute atomic E-state index is 0.0159. The van der Waals surface area contributed by atoms with Crippen LogP contribution >= 0.6 is 11.6 Å². The molecule has 1 fully saturated rings. The van der Waals surface area contributed by atoms with Gasteiger partial charge in [0.1, 0.15) is 11.2 Å². The smallest absolute Gasteiger partial charge is 0.407 e. The van der Waals surface area contributed by atoms with E-state index in [4.69, 9.17) is 16.3 Å². The molecule has 0 spiro atoms. The van der Waals surface area contributed by atoms with E-state index in [0.717, 1.165) is 4.90 Å². The van der Waals surface area contributed by atoms with Gasteiger partial charge in [0.2, 0.25) is 5.88 Å². The molecule has 23 heavy (non-hydrogen) atoms. The van der Waals surface area contributed by atoms with Crippen LogP contribution in [0.1, 0.15) is 19.8 Å². The normalized spacial score (nSPS) is 24.7. The Morgan fingerprint density at radius 2 is 2.39 bits per heavy atom. The van der Waals surface area contributed by atoms with E-state index in [0.29, 0.717) is 17.3 Å². The van der Waals surface area contributed by atoms with Gasteiger partial charge in [-0.15, -0.1) is 0 Å². The molecule has 1 unspecified atom stereocenters. The second-order valence-corrected chi connectivity index (χ2v) is 5.85. The number of aromatic nitrogens is 2. The van der Waals surface area contributed by atoms with E-state index in [1.54, 1.807) is 24.4 Å². The number of carbonyl (C=O) groups is 1. The number of amides is 1. The molecule has 0 radical (unpaired) electrons. The van der Waals surface area contributed by atoms with Crippen LogP contribution in [-0.4, -0.2) is 44.5 Å². The van der Waals surface area contributed by atoms with Gasteiger partial charge in [-0.25, -0.2) is 9.78 Å². The number of carboxylic acid groups (broad SMARTS) is 1. The Balaban J connectivity index is 1.99. The Bertz CT molecular complexity index is 760. The lowest BCUT2D eigenvalue weighted by Gasteiger charge is -2.41. The molecule has 2 aromatic rings. The zero-order valence-electron chi connectivity index (χ0n) is 12.4. The fourth-order valence-corrected chi connectivity index (χ4v) is 2.96. The van der Waals surface area contributed by atoms with Gasteiger partial charge in [0, 0.05) is 25.2 Å². The monoisotopic (exact) mass is 339 g/mol. The molecule has 1 aliphatic rings. The van der Waals surface area contributed by atoms with Crippen LogP contribution in [0.25, 0.3) is 10.9 Å². The topological polar surface area (TPSA) is 75.6 Å². The summed E-state index contributed by atoms with van der Waals surface area (Å²) in [6, 6.07) is 3.99. The molecule has 0 aromatic carbocycles. The highest BCUT2D eigenvalue weighted by molar-refractivity contribution is 6.30. The second-order valence-electron chi connectivity index (χ2n) is 5.46. The van der Waals surface area contributed by atoms with Crippen molar-refractivity contribution < 1.29 is 19.0 Å². The third kappa shape index (κ3) is 2.88. The molecule has 3 rings (SSSR count). The number of alkyl halides is 1. The summed E-state index contributed by atoms with van der Waals surface area (Å²) in [4.78, 5) is 20.5. The average Bonchev–Trinajstić information content (AvgIpc) is 2.49. The lowest BCUT2D eigenvalue weighted by Crippen LogP contribution is -2.57. The van der Waals surface area contributed by atoms with Crippen LogP contribution in [0.15, 0.2) is 24.4 Å². The molecule has 1 saturated heterocycles. The summed E-state index contributed by atoms with van der Waals surface area (Å²) < 4.78 is 20.8. The van der Waals surface area contributed by atoms with Crippen LogP contribution in [0.4, 0.5) is 9.18 Å². The van der Waals surface area contributed by atoms with Gasteiger partial charge in [-0.05, 0) is 25.5 Å². The fourth-order valence-electron chi connectivity index (χ4n) is 2.78. The number of halogens is 2. The van der Waals surface area contributed by atoms with Gasteiger partial charge < -0.3 is 9.84 Å². The SMILES string of the molecule is CC1N(C(=O)O)CCC[C@@]1(F)Oc1nc(Cl)cc2ncccc12. The molecule has 3 heterocycles. The van der Waals surface area contributed by atoms with Crippen molar-refractivity contribution in [2.45, 2.75) is 31.7 Å². The van der Waals surface area contributed by atoms with Crippen molar-refractivity contribution in [1.29, 1.82) is 0 Å². The van der Waals surface area contributed by atoms with Crippen LogP contribution in [0.5, 0.6) is 5.88 Å².